The van der Waals surface area contributed by atoms with Gasteiger partial charge < -0.3 is 20.5 Å². The topological polar surface area (TPSA) is 103 Å². The molecule has 0 aliphatic carbocycles. The van der Waals surface area contributed by atoms with Gasteiger partial charge in [0.05, 0.1) is 18.8 Å². The quantitative estimate of drug-likeness (QED) is 0.478. The summed E-state index contributed by atoms with van der Waals surface area (Å²) in [4.78, 5) is 24.6. The van der Waals surface area contributed by atoms with Crippen molar-refractivity contribution in [1.29, 1.82) is 0 Å². The first-order valence-electron chi connectivity index (χ1n) is 8.79. The van der Waals surface area contributed by atoms with Crippen LogP contribution in [0, 0.1) is 0 Å². The van der Waals surface area contributed by atoms with E-state index in [1.54, 1.807) is 25.1 Å². The summed E-state index contributed by atoms with van der Waals surface area (Å²) in [5.74, 6) is 0.824. The number of nitrogens with two attached hydrogens (primary N) is 1. The van der Waals surface area contributed by atoms with E-state index in [1.807, 2.05) is 30.3 Å². The van der Waals surface area contributed by atoms with Gasteiger partial charge in [0.15, 0.2) is 17.3 Å². The van der Waals surface area contributed by atoms with Crippen LogP contribution in [0.3, 0.4) is 0 Å². The molecular weight excluding hydrogens is 346 g/mol. The van der Waals surface area contributed by atoms with Gasteiger partial charge in [-0.05, 0) is 37.1 Å². The van der Waals surface area contributed by atoms with Crippen LogP contribution in [0.4, 0.5) is 0 Å². The van der Waals surface area contributed by atoms with E-state index in [2.05, 4.69) is 10.6 Å². The van der Waals surface area contributed by atoms with Gasteiger partial charge in [0.1, 0.15) is 0 Å². The monoisotopic (exact) mass is 369 g/mol. The van der Waals surface area contributed by atoms with Crippen molar-refractivity contribution in [2.75, 3.05) is 13.5 Å². The van der Waals surface area contributed by atoms with Crippen molar-refractivity contribution in [1.82, 2.24) is 10.6 Å². The molecule has 1 amide bonds. The number of ketones is 1. The Morgan fingerprint density at radius 3 is 2.63 bits per heavy atom. The average molecular weight is 369 g/mol. The first-order chi connectivity index (χ1) is 13.0. The minimum Gasteiger partial charge on any atom is -0.454 e. The number of amides is 1. The van der Waals surface area contributed by atoms with Crippen LogP contribution in [-0.2, 0) is 11.2 Å². The van der Waals surface area contributed by atoms with Gasteiger partial charge in [-0.1, -0.05) is 30.3 Å². The SMILES string of the molecule is CC(NCNC(=O)C(N)Cc1ccccc1)C(=O)c1ccc2c(c1)OCO2. The lowest BCUT2D eigenvalue weighted by atomic mass is 10.0. The van der Waals surface area contributed by atoms with Gasteiger partial charge in [0.2, 0.25) is 12.7 Å². The molecule has 2 aromatic carbocycles. The van der Waals surface area contributed by atoms with Crippen LogP contribution in [0.25, 0.3) is 0 Å². The third-order valence-electron chi connectivity index (χ3n) is 4.36. The molecule has 7 heteroatoms. The lowest BCUT2D eigenvalue weighted by Gasteiger charge is -2.16. The molecule has 1 heterocycles. The maximum absolute atomic E-state index is 12.5. The number of hydrogen-bond donors (Lipinski definition) is 3. The van der Waals surface area contributed by atoms with E-state index < -0.39 is 12.1 Å². The lowest BCUT2D eigenvalue weighted by Crippen LogP contribution is -2.48. The minimum atomic E-state index is -0.644. The van der Waals surface area contributed by atoms with Gasteiger partial charge in [-0.15, -0.1) is 0 Å². The fourth-order valence-corrected chi connectivity index (χ4v) is 2.78. The van der Waals surface area contributed by atoms with Crippen molar-refractivity contribution in [3.05, 3.63) is 59.7 Å². The maximum Gasteiger partial charge on any atom is 0.238 e. The molecule has 1 aliphatic heterocycles. The molecule has 7 nitrogen and oxygen atoms in total. The van der Waals surface area contributed by atoms with Crippen molar-refractivity contribution in [3.63, 3.8) is 0 Å². The Kier molecular flexibility index (Phi) is 6.05. The Balaban J connectivity index is 1.45. The summed E-state index contributed by atoms with van der Waals surface area (Å²) in [7, 11) is 0. The lowest BCUT2D eigenvalue weighted by molar-refractivity contribution is -0.122. The molecule has 0 saturated carbocycles. The third kappa shape index (κ3) is 4.84. The highest BCUT2D eigenvalue weighted by atomic mass is 16.7. The van der Waals surface area contributed by atoms with Gasteiger partial charge in [-0.3, -0.25) is 14.9 Å². The van der Waals surface area contributed by atoms with Crippen LogP contribution >= 0.6 is 0 Å². The number of Topliss-reactive ketones (excluding diaryl/α,β-unsaturated/α-hetero) is 1. The van der Waals surface area contributed by atoms with Crippen molar-refractivity contribution in [2.45, 2.75) is 25.4 Å². The second-order valence-corrected chi connectivity index (χ2v) is 6.37. The summed E-state index contributed by atoms with van der Waals surface area (Å²) in [5, 5.41) is 5.70. The van der Waals surface area contributed by atoms with E-state index in [0.29, 0.717) is 23.5 Å². The van der Waals surface area contributed by atoms with Crippen LogP contribution in [-0.4, -0.2) is 37.2 Å². The van der Waals surface area contributed by atoms with Crippen molar-refractivity contribution in [2.24, 2.45) is 5.73 Å². The second-order valence-electron chi connectivity index (χ2n) is 6.37. The Labute approximate surface area is 157 Å². The third-order valence-corrected chi connectivity index (χ3v) is 4.36. The van der Waals surface area contributed by atoms with Crippen LogP contribution in [0.5, 0.6) is 11.5 Å². The summed E-state index contributed by atoms with van der Waals surface area (Å²) in [6, 6.07) is 13.5. The molecule has 3 rings (SSSR count). The van der Waals surface area contributed by atoms with Gasteiger partial charge >= 0.3 is 0 Å². The van der Waals surface area contributed by atoms with E-state index in [1.165, 1.54) is 0 Å². The Bertz CT molecular complexity index is 810. The Morgan fingerprint density at radius 2 is 1.85 bits per heavy atom. The number of nitrogens with one attached hydrogen (secondary N) is 2. The predicted molar refractivity (Wildman–Crippen MR) is 101 cm³/mol. The van der Waals surface area contributed by atoms with E-state index in [0.717, 1.165) is 5.56 Å². The van der Waals surface area contributed by atoms with Crippen molar-refractivity contribution < 1.29 is 19.1 Å². The van der Waals surface area contributed by atoms with E-state index in [4.69, 9.17) is 15.2 Å². The molecule has 2 atom stereocenters. The highest BCUT2D eigenvalue weighted by Gasteiger charge is 2.20. The molecular formula is C20H23N3O4. The molecule has 27 heavy (non-hydrogen) atoms. The fourth-order valence-electron chi connectivity index (χ4n) is 2.78. The highest BCUT2D eigenvalue weighted by Crippen LogP contribution is 2.32. The van der Waals surface area contributed by atoms with Gasteiger partial charge in [0, 0.05) is 5.56 Å². The van der Waals surface area contributed by atoms with Crippen LogP contribution in [0.1, 0.15) is 22.8 Å². The normalized spacial score (nSPS) is 14.4. The van der Waals surface area contributed by atoms with Crippen LogP contribution in [0.2, 0.25) is 0 Å². The number of carbonyl (C=O) groups excluding carboxylic acids is 2. The first-order valence-corrected chi connectivity index (χ1v) is 8.79. The summed E-state index contributed by atoms with van der Waals surface area (Å²) < 4.78 is 10.5. The summed E-state index contributed by atoms with van der Waals surface area (Å²) in [6.45, 7) is 2.05. The number of carbonyl (C=O) groups is 2. The molecule has 0 bridgehead atoms. The standard InChI is InChI=1S/C20H23N3O4/c1-13(19(24)15-7-8-17-18(10-15)27-12-26-17)22-11-23-20(25)16(21)9-14-5-3-2-4-6-14/h2-8,10,13,16,22H,9,11-12,21H2,1H3,(H,23,25). The van der Waals surface area contributed by atoms with Crippen molar-refractivity contribution >= 4 is 11.7 Å². The van der Waals surface area contributed by atoms with Crippen LogP contribution in [0.15, 0.2) is 48.5 Å². The van der Waals surface area contributed by atoms with E-state index in [9.17, 15) is 9.59 Å². The minimum absolute atomic E-state index is 0.101. The van der Waals surface area contributed by atoms with Crippen molar-refractivity contribution in [3.8, 4) is 11.5 Å². The highest BCUT2D eigenvalue weighted by molar-refractivity contribution is 6.00. The zero-order chi connectivity index (χ0) is 19.2. The number of hydrogen-bond acceptors (Lipinski definition) is 6. The maximum atomic E-state index is 12.5. The molecule has 4 N–H and O–H groups in total. The summed E-state index contributed by atoms with van der Waals surface area (Å²) in [5.41, 5.74) is 7.46. The number of rotatable bonds is 8. The Morgan fingerprint density at radius 1 is 1.11 bits per heavy atom. The molecule has 0 fully saturated rings. The molecule has 0 radical (unpaired) electrons. The number of benzene rings is 2. The van der Waals surface area contributed by atoms with Gasteiger partial charge in [-0.2, -0.15) is 0 Å². The number of ether oxygens (including phenoxy) is 2. The van der Waals surface area contributed by atoms with E-state index >= 15 is 0 Å². The molecule has 0 spiro atoms. The molecule has 0 saturated heterocycles. The Hall–Kier alpha value is -2.90. The molecule has 142 valence electrons. The van der Waals surface area contributed by atoms with Crippen LogP contribution < -0.4 is 25.8 Å². The van der Waals surface area contributed by atoms with E-state index in [-0.39, 0.29) is 25.2 Å². The van der Waals surface area contributed by atoms with Gasteiger partial charge in [-0.25, -0.2) is 0 Å². The zero-order valence-corrected chi connectivity index (χ0v) is 15.1. The molecule has 2 unspecified atom stereocenters. The largest absolute Gasteiger partial charge is 0.454 e. The smallest absolute Gasteiger partial charge is 0.238 e. The first kappa shape index (κ1) is 18.9. The number of fused-ring (bicyclic) bond motifs is 1. The summed E-state index contributed by atoms with van der Waals surface area (Å²) in [6.07, 6.45) is 0.457. The summed E-state index contributed by atoms with van der Waals surface area (Å²) >= 11 is 0. The molecule has 2 aromatic rings. The second kappa shape index (κ2) is 8.66. The fraction of sp³-hybridized carbons (Fsp3) is 0.300. The molecule has 0 aromatic heterocycles. The zero-order valence-electron chi connectivity index (χ0n) is 15.1. The average Bonchev–Trinajstić information content (AvgIpc) is 3.15. The molecule has 1 aliphatic rings. The predicted octanol–water partition coefficient (Wildman–Crippen LogP) is 1.22. The van der Waals surface area contributed by atoms with Gasteiger partial charge in [0.25, 0.3) is 0 Å².